The molecule has 0 bridgehead atoms. The minimum absolute atomic E-state index is 0.0316. The third kappa shape index (κ3) is 3.32. The van der Waals surface area contributed by atoms with Gasteiger partial charge in [0.15, 0.2) is 0 Å². The number of hydrogen-bond donors (Lipinski definition) is 1. The normalized spacial score (nSPS) is 12.2. The molecule has 2 N–H and O–H groups in total. The molecule has 2 aromatic rings. The number of para-hydroxylation sites is 1. The fraction of sp³-hybridized carbons (Fsp3) is 0.312. The highest BCUT2D eigenvalue weighted by molar-refractivity contribution is 5.54. The molecule has 1 atom stereocenters. The lowest BCUT2D eigenvalue weighted by Crippen LogP contribution is -2.20. The second-order valence-corrected chi connectivity index (χ2v) is 4.97. The molecule has 1 aromatic heterocycles. The van der Waals surface area contributed by atoms with Gasteiger partial charge in [0.1, 0.15) is 0 Å². The Morgan fingerprint density at radius 2 is 1.89 bits per heavy atom. The van der Waals surface area contributed by atoms with Crippen LogP contribution < -0.4 is 10.6 Å². The number of aromatic nitrogens is 1. The Hall–Kier alpha value is -1.87. The third-order valence-corrected chi connectivity index (χ3v) is 3.18. The Kier molecular flexibility index (Phi) is 4.17. The predicted octanol–water partition coefficient (Wildman–Crippen LogP) is 3.05. The molecule has 0 aliphatic rings. The first kappa shape index (κ1) is 13.6. The van der Waals surface area contributed by atoms with Crippen molar-refractivity contribution in [1.29, 1.82) is 0 Å². The molecule has 2 rings (SSSR count). The number of hydrogen-bond acceptors (Lipinski definition) is 3. The maximum atomic E-state index is 6.03. The van der Waals surface area contributed by atoms with E-state index in [4.69, 9.17) is 5.73 Å². The highest BCUT2D eigenvalue weighted by Gasteiger charge is 2.10. The van der Waals surface area contributed by atoms with Crippen molar-refractivity contribution in [2.24, 2.45) is 5.73 Å². The van der Waals surface area contributed by atoms with Crippen molar-refractivity contribution in [3.8, 4) is 0 Å². The topological polar surface area (TPSA) is 42.1 Å². The second kappa shape index (κ2) is 5.85. The van der Waals surface area contributed by atoms with E-state index in [9.17, 15) is 0 Å². The molecule has 19 heavy (non-hydrogen) atoms. The van der Waals surface area contributed by atoms with Gasteiger partial charge in [-0.15, -0.1) is 0 Å². The molecule has 0 fully saturated rings. The maximum absolute atomic E-state index is 6.03. The van der Waals surface area contributed by atoms with E-state index >= 15 is 0 Å². The van der Waals surface area contributed by atoms with Gasteiger partial charge in [-0.3, -0.25) is 4.98 Å². The lowest BCUT2D eigenvalue weighted by Gasteiger charge is -2.23. The van der Waals surface area contributed by atoms with E-state index in [1.807, 2.05) is 38.1 Å². The van der Waals surface area contributed by atoms with Gasteiger partial charge in [-0.1, -0.05) is 24.3 Å². The summed E-state index contributed by atoms with van der Waals surface area (Å²) in [6.07, 6.45) is 0. The summed E-state index contributed by atoms with van der Waals surface area (Å²) in [6, 6.07) is 14.4. The van der Waals surface area contributed by atoms with Gasteiger partial charge >= 0.3 is 0 Å². The molecule has 1 aromatic carbocycles. The molecule has 0 radical (unpaired) electrons. The minimum Gasteiger partial charge on any atom is -0.368 e. The summed E-state index contributed by atoms with van der Waals surface area (Å²) in [5, 5.41) is 0. The maximum Gasteiger partial charge on any atom is 0.0600 e. The van der Waals surface area contributed by atoms with Crippen LogP contribution >= 0.6 is 0 Å². The monoisotopic (exact) mass is 255 g/mol. The summed E-state index contributed by atoms with van der Waals surface area (Å²) in [5.41, 5.74) is 10.5. The molecule has 0 unspecified atom stereocenters. The van der Waals surface area contributed by atoms with Crippen molar-refractivity contribution in [3.63, 3.8) is 0 Å². The highest BCUT2D eigenvalue weighted by atomic mass is 15.1. The largest absolute Gasteiger partial charge is 0.368 e. The van der Waals surface area contributed by atoms with E-state index in [0.29, 0.717) is 0 Å². The van der Waals surface area contributed by atoms with Crippen molar-refractivity contribution in [2.75, 3.05) is 11.9 Å². The molecular formula is C16H21N3. The number of nitrogens with zero attached hydrogens (tertiary/aromatic N) is 2. The number of anilines is 1. The number of aryl methyl sites for hydroxylation is 1. The fourth-order valence-corrected chi connectivity index (χ4v) is 2.24. The van der Waals surface area contributed by atoms with Crippen LogP contribution in [0.1, 0.15) is 29.9 Å². The second-order valence-electron chi connectivity index (χ2n) is 4.97. The molecule has 0 amide bonds. The van der Waals surface area contributed by atoms with Crippen LogP contribution in [0.3, 0.4) is 0 Å². The average molecular weight is 255 g/mol. The first-order valence-corrected chi connectivity index (χ1v) is 6.56. The van der Waals surface area contributed by atoms with Gasteiger partial charge in [0.25, 0.3) is 0 Å². The number of nitrogens with two attached hydrogens (primary N) is 1. The van der Waals surface area contributed by atoms with E-state index in [2.05, 4.69) is 35.1 Å². The average Bonchev–Trinajstić information content (AvgIpc) is 2.38. The molecule has 0 aliphatic carbocycles. The van der Waals surface area contributed by atoms with Crippen LogP contribution in [0.15, 0.2) is 42.5 Å². The van der Waals surface area contributed by atoms with Crippen molar-refractivity contribution in [2.45, 2.75) is 26.4 Å². The molecule has 0 saturated carbocycles. The van der Waals surface area contributed by atoms with Gasteiger partial charge in [-0.2, -0.15) is 0 Å². The molecule has 0 aliphatic heterocycles. The lowest BCUT2D eigenvalue weighted by molar-refractivity contribution is 0.796. The van der Waals surface area contributed by atoms with Crippen LogP contribution in [0.25, 0.3) is 0 Å². The van der Waals surface area contributed by atoms with Gasteiger partial charge < -0.3 is 10.6 Å². The van der Waals surface area contributed by atoms with Crippen molar-refractivity contribution in [3.05, 3.63) is 59.4 Å². The summed E-state index contributed by atoms with van der Waals surface area (Å²) < 4.78 is 0. The van der Waals surface area contributed by atoms with E-state index in [0.717, 1.165) is 23.5 Å². The Balaban J connectivity index is 2.23. The standard InChI is InChI=1S/C16H21N3/c1-12-7-6-8-14(18-12)11-19(3)16-10-5-4-9-15(16)13(2)17/h4-10,13H,11,17H2,1-3H3/t13-/m1/s1. The molecule has 3 heteroatoms. The van der Waals surface area contributed by atoms with Gasteiger partial charge in [0.2, 0.25) is 0 Å². The zero-order valence-corrected chi connectivity index (χ0v) is 11.8. The van der Waals surface area contributed by atoms with Crippen LogP contribution in [-0.4, -0.2) is 12.0 Å². The van der Waals surface area contributed by atoms with Gasteiger partial charge in [0.05, 0.1) is 12.2 Å². The lowest BCUT2D eigenvalue weighted by atomic mass is 10.1. The fourth-order valence-electron chi connectivity index (χ4n) is 2.24. The zero-order chi connectivity index (χ0) is 13.8. The zero-order valence-electron chi connectivity index (χ0n) is 11.8. The van der Waals surface area contributed by atoms with Crippen LogP contribution in [0.5, 0.6) is 0 Å². The summed E-state index contributed by atoms with van der Waals surface area (Å²) in [5.74, 6) is 0. The smallest absolute Gasteiger partial charge is 0.0600 e. The molecule has 0 saturated heterocycles. The molecule has 100 valence electrons. The minimum atomic E-state index is 0.0316. The number of pyridine rings is 1. The summed E-state index contributed by atoms with van der Waals surface area (Å²) in [4.78, 5) is 6.74. The van der Waals surface area contributed by atoms with E-state index in [1.165, 1.54) is 5.69 Å². The van der Waals surface area contributed by atoms with E-state index in [1.54, 1.807) is 0 Å². The van der Waals surface area contributed by atoms with E-state index in [-0.39, 0.29) is 6.04 Å². The summed E-state index contributed by atoms with van der Waals surface area (Å²) in [6.45, 7) is 4.81. The van der Waals surface area contributed by atoms with Crippen molar-refractivity contribution >= 4 is 5.69 Å². The number of benzene rings is 1. The predicted molar refractivity (Wildman–Crippen MR) is 80.1 cm³/mol. The Bertz CT molecular complexity index is 549. The third-order valence-electron chi connectivity index (χ3n) is 3.18. The van der Waals surface area contributed by atoms with Crippen LogP contribution in [0.2, 0.25) is 0 Å². The first-order chi connectivity index (χ1) is 9.08. The molecule has 1 heterocycles. The first-order valence-electron chi connectivity index (χ1n) is 6.56. The molecule has 3 nitrogen and oxygen atoms in total. The van der Waals surface area contributed by atoms with Gasteiger partial charge in [-0.25, -0.2) is 0 Å². The Morgan fingerprint density at radius 1 is 1.16 bits per heavy atom. The van der Waals surface area contributed by atoms with Crippen molar-refractivity contribution < 1.29 is 0 Å². The quantitative estimate of drug-likeness (QED) is 0.913. The Labute approximate surface area is 115 Å². The SMILES string of the molecule is Cc1cccc(CN(C)c2ccccc2[C@@H](C)N)n1. The van der Waals surface area contributed by atoms with Crippen LogP contribution in [-0.2, 0) is 6.54 Å². The molecular weight excluding hydrogens is 234 g/mol. The number of rotatable bonds is 4. The van der Waals surface area contributed by atoms with Crippen LogP contribution in [0.4, 0.5) is 5.69 Å². The van der Waals surface area contributed by atoms with E-state index < -0.39 is 0 Å². The van der Waals surface area contributed by atoms with Gasteiger partial charge in [-0.05, 0) is 37.6 Å². The van der Waals surface area contributed by atoms with Crippen molar-refractivity contribution in [1.82, 2.24) is 4.98 Å². The van der Waals surface area contributed by atoms with Crippen LogP contribution in [0, 0.1) is 6.92 Å². The molecule has 0 spiro atoms. The Morgan fingerprint density at radius 3 is 2.58 bits per heavy atom. The van der Waals surface area contributed by atoms with Gasteiger partial charge in [0, 0.05) is 24.5 Å². The summed E-state index contributed by atoms with van der Waals surface area (Å²) in [7, 11) is 2.07. The highest BCUT2D eigenvalue weighted by Crippen LogP contribution is 2.24. The summed E-state index contributed by atoms with van der Waals surface area (Å²) >= 11 is 0.